The Kier molecular flexibility index (Phi) is 5.78. The fourth-order valence-corrected chi connectivity index (χ4v) is 3.29. The summed E-state index contributed by atoms with van der Waals surface area (Å²) in [5.74, 6) is 1.20. The molecule has 0 aliphatic rings. The Balaban J connectivity index is 1.68. The third kappa shape index (κ3) is 5.57. The summed E-state index contributed by atoms with van der Waals surface area (Å²) < 4.78 is 34.1. The van der Waals surface area contributed by atoms with Gasteiger partial charge < -0.3 is 14.2 Å². The van der Waals surface area contributed by atoms with Crippen LogP contribution in [0, 0.1) is 0 Å². The lowest BCUT2D eigenvalue weighted by Gasteiger charge is -2.19. The molecule has 8 heteroatoms. The summed E-state index contributed by atoms with van der Waals surface area (Å²) in [6, 6.07) is 13.4. The molecule has 1 aromatic carbocycles. The Bertz CT molecular complexity index is 943. The molecule has 0 bridgehead atoms. The maximum absolute atomic E-state index is 12.5. The number of hydrogen-bond donors (Lipinski definition) is 1. The molecule has 0 saturated heterocycles. The maximum Gasteiger partial charge on any atom is 0.238 e. The second-order valence-corrected chi connectivity index (χ2v) is 8.17. The van der Waals surface area contributed by atoms with Gasteiger partial charge in [0.2, 0.25) is 5.91 Å². The predicted octanol–water partition coefficient (Wildman–Crippen LogP) is 2.92. The van der Waals surface area contributed by atoms with E-state index in [4.69, 9.17) is 8.83 Å². The second-order valence-electron chi connectivity index (χ2n) is 6.15. The number of rotatable bonds is 8. The van der Waals surface area contributed by atoms with Gasteiger partial charge in [-0.05, 0) is 42.5 Å². The molecule has 0 fully saturated rings. The fraction of sp³-hybridized carbons (Fsp3) is 0.211. The van der Waals surface area contributed by atoms with Crippen LogP contribution in [-0.2, 0) is 27.7 Å². The van der Waals surface area contributed by atoms with Gasteiger partial charge in [-0.15, -0.1) is 0 Å². The molecule has 7 nitrogen and oxygen atoms in total. The number of nitrogens with one attached hydrogen (secondary N) is 1. The van der Waals surface area contributed by atoms with Crippen LogP contribution in [0.1, 0.15) is 11.5 Å². The van der Waals surface area contributed by atoms with Crippen LogP contribution >= 0.6 is 0 Å². The second kappa shape index (κ2) is 8.24. The van der Waals surface area contributed by atoms with Gasteiger partial charge in [0, 0.05) is 11.9 Å². The van der Waals surface area contributed by atoms with Crippen molar-refractivity contribution < 1.29 is 22.0 Å². The molecule has 142 valence electrons. The third-order valence-corrected chi connectivity index (χ3v) is 4.94. The first-order chi connectivity index (χ1) is 12.9. The molecule has 27 heavy (non-hydrogen) atoms. The zero-order valence-corrected chi connectivity index (χ0v) is 15.6. The number of amides is 1. The highest BCUT2D eigenvalue weighted by atomic mass is 32.2. The minimum atomic E-state index is -3.34. The smallest absolute Gasteiger partial charge is 0.238 e. The summed E-state index contributed by atoms with van der Waals surface area (Å²) in [5, 5.41) is 2.74. The van der Waals surface area contributed by atoms with E-state index in [1.807, 2.05) is 17.0 Å². The predicted molar refractivity (Wildman–Crippen MR) is 99.7 cm³/mol. The van der Waals surface area contributed by atoms with Gasteiger partial charge in [-0.1, -0.05) is 6.07 Å². The fourth-order valence-electron chi connectivity index (χ4n) is 2.62. The highest BCUT2D eigenvalue weighted by Crippen LogP contribution is 2.16. The number of carbonyl (C=O) groups excluding carboxylic acids is 1. The molecule has 2 aromatic heterocycles. The van der Waals surface area contributed by atoms with E-state index in [0.717, 1.165) is 17.8 Å². The topological polar surface area (TPSA) is 92.8 Å². The van der Waals surface area contributed by atoms with Crippen molar-refractivity contribution in [2.75, 3.05) is 18.1 Å². The van der Waals surface area contributed by atoms with E-state index in [9.17, 15) is 13.2 Å². The molecule has 0 spiro atoms. The van der Waals surface area contributed by atoms with Gasteiger partial charge in [0.25, 0.3) is 0 Å². The van der Waals surface area contributed by atoms with Crippen molar-refractivity contribution in [3.63, 3.8) is 0 Å². The van der Waals surface area contributed by atoms with Crippen LogP contribution in [0.15, 0.2) is 74.8 Å². The SMILES string of the molecule is CS(=O)(=O)c1cccc(NC(=O)CN(Cc2ccco2)Cc2ccco2)c1. The van der Waals surface area contributed by atoms with Crippen LogP contribution in [0.25, 0.3) is 0 Å². The van der Waals surface area contributed by atoms with Gasteiger partial charge in [0.05, 0.1) is 37.1 Å². The van der Waals surface area contributed by atoms with Crippen LogP contribution in [0.4, 0.5) is 5.69 Å². The number of anilines is 1. The van der Waals surface area contributed by atoms with E-state index in [-0.39, 0.29) is 17.3 Å². The van der Waals surface area contributed by atoms with Gasteiger partial charge >= 0.3 is 0 Å². The van der Waals surface area contributed by atoms with E-state index in [0.29, 0.717) is 18.8 Å². The molecule has 0 aliphatic heterocycles. The largest absolute Gasteiger partial charge is 0.468 e. The lowest BCUT2D eigenvalue weighted by molar-refractivity contribution is -0.117. The molecule has 0 aliphatic carbocycles. The van der Waals surface area contributed by atoms with Crippen LogP contribution in [0.3, 0.4) is 0 Å². The number of hydrogen-bond acceptors (Lipinski definition) is 6. The van der Waals surface area contributed by atoms with Crippen molar-refractivity contribution in [1.82, 2.24) is 4.90 Å². The zero-order valence-electron chi connectivity index (χ0n) is 14.8. The molecular weight excluding hydrogens is 368 g/mol. The van der Waals surface area contributed by atoms with E-state index in [1.165, 1.54) is 12.1 Å². The summed E-state index contributed by atoms with van der Waals surface area (Å²) in [4.78, 5) is 14.5. The maximum atomic E-state index is 12.5. The number of benzene rings is 1. The van der Waals surface area contributed by atoms with Crippen molar-refractivity contribution in [3.05, 3.63) is 72.6 Å². The van der Waals surface area contributed by atoms with E-state index in [1.54, 1.807) is 36.8 Å². The lowest BCUT2D eigenvalue weighted by atomic mass is 10.3. The Hall–Kier alpha value is -2.84. The first kappa shape index (κ1) is 18.9. The van der Waals surface area contributed by atoms with Gasteiger partial charge in [0.15, 0.2) is 9.84 Å². The normalized spacial score (nSPS) is 11.6. The van der Waals surface area contributed by atoms with Gasteiger partial charge in [-0.2, -0.15) is 0 Å². The van der Waals surface area contributed by atoms with Crippen LogP contribution in [-0.4, -0.2) is 32.0 Å². The summed E-state index contributed by atoms with van der Waals surface area (Å²) in [6.07, 6.45) is 4.29. The molecule has 2 heterocycles. The number of carbonyl (C=O) groups is 1. The van der Waals surface area contributed by atoms with Crippen LogP contribution in [0.2, 0.25) is 0 Å². The molecular formula is C19H20N2O5S. The monoisotopic (exact) mass is 388 g/mol. The van der Waals surface area contributed by atoms with Crippen molar-refractivity contribution in [1.29, 1.82) is 0 Å². The van der Waals surface area contributed by atoms with Gasteiger partial charge in [0.1, 0.15) is 11.5 Å². The van der Waals surface area contributed by atoms with Crippen molar-refractivity contribution in [2.45, 2.75) is 18.0 Å². The molecule has 1 amide bonds. The van der Waals surface area contributed by atoms with Crippen molar-refractivity contribution in [3.8, 4) is 0 Å². The summed E-state index contributed by atoms with van der Waals surface area (Å²) in [6.45, 7) is 0.958. The zero-order chi connectivity index (χ0) is 19.3. The van der Waals surface area contributed by atoms with Crippen LogP contribution in [0.5, 0.6) is 0 Å². The summed E-state index contributed by atoms with van der Waals surface area (Å²) >= 11 is 0. The molecule has 0 saturated carbocycles. The van der Waals surface area contributed by atoms with Gasteiger partial charge in [-0.3, -0.25) is 9.69 Å². The summed E-state index contributed by atoms with van der Waals surface area (Å²) in [5.41, 5.74) is 0.430. The van der Waals surface area contributed by atoms with E-state index in [2.05, 4.69) is 5.32 Å². The standard InChI is InChI=1S/C19H20N2O5S/c1-27(23,24)18-8-2-5-15(11-18)20-19(22)14-21(12-16-6-3-9-25-16)13-17-7-4-10-26-17/h2-11H,12-14H2,1H3,(H,20,22). The Morgan fingerprint density at radius 1 is 1.00 bits per heavy atom. The molecule has 3 rings (SSSR count). The number of sulfone groups is 1. The molecule has 3 aromatic rings. The number of nitrogens with zero attached hydrogens (tertiary/aromatic N) is 1. The molecule has 0 unspecified atom stereocenters. The Morgan fingerprint density at radius 2 is 1.63 bits per heavy atom. The Morgan fingerprint density at radius 3 is 2.15 bits per heavy atom. The first-order valence-corrected chi connectivity index (χ1v) is 10.2. The van der Waals surface area contributed by atoms with Crippen molar-refractivity contribution in [2.24, 2.45) is 0 Å². The third-order valence-electron chi connectivity index (χ3n) is 3.83. The first-order valence-electron chi connectivity index (χ1n) is 8.27. The quantitative estimate of drug-likeness (QED) is 0.638. The lowest BCUT2D eigenvalue weighted by Crippen LogP contribution is -2.32. The van der Waals surface area contributed by atoms with Gasteiger partial charge in [-0.25, -0.2) is 8.42 Å². The van der Waals surface area contributed by atoms with Crippen LogP contribution < -0.4 is 5.32 Å². The average molecular weight is 388 g/mol. The highest BCUT2D eigenvalue weighted by molar-refractivity contribution is 7.90. The van der Waals surface area contributed by atoms with E-state index < -0.39 is 9.84 Å². The molecule has 0 radical (unpaired) electrons. The molecule has 0 atom stereocenters. The number of furan rings is 2. The highest BCUT2D eigenvalue weighted by Gasteiger charge is 2.16. The average Bonchev–Trinajstić information content (AvgIpc) is 3.28. The Labute approximate surface area is 157 Å². The van der Waals surface area contributed by atoms with Crippen molar-refractivity contribution >= 4 is 21.4 Å². The molecule has 1 N–H and O–H groups in total. The minimum Gasteiger partial charge on any atom is -0.468 e. The summed E-state index contributed by atoms with van der Waals surface area (Å²) in [7, 11) is -3.34. The minimum absolute atomic E-state index is 0.0878. The van der Waals surface area contributed by atoms with E-state index >= 15 is 0 Å².